The summed E-state index contributed by atoms with van der Waals surface area (Å²) in [6.07, 6.45) is 0. The van der Waals surface area contributed by atoms with Crippen molar-refractivity contribution in [2.45, 2.75) is 19.9 Å². The zero-order valence-corrected chi connectivity index (χ0v) is 9.05. The van der Waals surface area contributed by atoms with Gasteiger partial charge in [-0.25, -0.2) is 0 Å². The average Bonchev–Trinajstić information content (AvgIpc) is 2.00. The van der Waals surface area contributed by atoms with Crippen molar-refractivity contribution in [1.82, 2.24) is 10.2 Å². The summed E-state index contributed by atoms with van der Waals surface area (Å²) in [6, 6.07) is 0.768. The van der Waals surface area contributed by atoms with Gasteiger partial charge < -0.3 is 10.1 Å². The van der Waals surface area contributed by atoms with Crippen LogP contribution in [-0.4, -0.2) is 50.8 Å². The molecule has 1 aliphatic rings. The Morgan fingerprint density at radius 3 is 2.62 bits per heavy atom. The Bertz CT molecular complexity index is 137. The molecular formula is C10H22N2O. The van der Waals surface area contributed by atoms with Crippen LogP contribution in [0.3, 0.4) is 0 Å². The number of ether oxygens (including phenoxy) is 1. The van der Waals surface area contributed by atoms with E-state index < -0.39 is 0 Å². The fraction of sp³-hybridized carbons (Fsp3) is 1.00. The van der Waals surface area contributed by atoms with Crippen molar-refractivity contribution in [1.29, 1.82) is 0 Å². The minimum atomic E-state index is 0.644. The summed E-state index contributed by atoms with van der Waals surface area (Å²) < 4.78 is 5.14. The van der Waals surface area contributed by atoms with E-state index in [0.717, 1.165) is 38.8 Å². The van der Waals surface area contributed by atoms with E-state index in [1.807, 2.05) is 0 Å². The number of hydrogen-bond acceptors (Lipinski definition) is 3. The Kier molecular flexibility index (Phi) is 4.70. The highest BCUT2D eigenvalue weighted by Gasteiger charge is 2.24. The Balaban J connectivity index is 2.21. The summed E-state index contributed by atoms with van der Waals surface area (Å²) in [5.74, 6) is 0.644. The quantitative estimate of drug-likeness (QED) is 0.656. The molecule has 1 heterocycles. The smallest absolute Gasteiger partial charge is 0.0500 e. The van der Waals surface area contributed by atoms with Crippen LogP contribution in [0, 0.1) is 5.92 Å². The van der Waals surface area contributed by atoms with Crippen LogP contribution in [0.4, 0.5) is 0 Å². The number of nitrogens with one attached hydrogen (secondary N) is 1. The molecule has 0 amide bonds. The van der Waals surface area contributed by atoms with Gasteiger partial charge in [0, 0.05) is 39.4 Å². The van der Waals surface area contributed by atoms with E-state index in [-0.39, 0.29) is 0 Å². The van der Waals surface area contributed by atoms with Crippen molar-refractivity contribution in [3.63, 3.8) is 0 Å². The average molecular weight is 186 g/mol. The highest BCUT2D eigenvalue weighted by Crippen LogP contribution is 2.08. The van der Waals surface area contributed by atoms with Gasteiger partial charge in [-0.3, -0.25) is 4.90 Å². The molecule has 78 valence electrons. The van der Waals surface area contributed by atoms with Crippen LogP contribution in [0.15, 0.2) is 0 Å². The van der Waals surface area contributed by atoms with Gasteiger partial charge >= 0.3 is 0 Å². The molecule has 1 aliphatic heterocycles. The van der Waals surface area contributed by atoms with Crippen molar-refractivity contribution in [3.8, 4) is 0 Å². The minimum Gasteiger partial charge on any atom is -0.384 e. The molecule has 1 rings (SSSR count). The summed E-state index contributed by atoms with van der Waals surface area (Å²) in [6.45, 7) is 9.99. The van der Waals surface area contributed by atoms with Crippen LogP contribution in [0.25, 0.3) is 0 Å². The van der Waals surface area contributed by atoms with Gasteiger partial charge in [0.05, 0.1) is 0 Å². The van der Waals surface area contributed by atoms with Crippen LogP contribution in [0.1, 0.15) is 13.8 Å². The first-order valence-electron chi connectivity index (χ1n) is 5.21. The molecule has 0 aromatic heterocycles. The highest BCUT2D eigenvalue weighted by molar-refractivity contribution is 4.84. The molecule has 3 heteroatoms. The van der Waals surface area contributed by atoms with E-state index in [1.54, 1.807) is 7.11 Å². The van der Waals surface area contributed by atoms with E-state index in [4.69, 9.17) is 4.74 Å². The highest BCUT2D eigenvalue weighted by atomic mass is 16.5. The fourth-order valence-electron chi connectivity index (χ4n) is 1.81. The maximum absolute atomic E-state index is 5.14. The van der Waals surface area contributed by atoms with Crippen molar-refractivity contribution in [3.05, 3.63) is 0 Å². The van der Waals surface area contributed by atoms with Crippen LogP contribution in [0.2, 0.25) is 0 Å². The summed E-state index contributed by atoms with van der Waals surface area (Å²) in [5, 5.41) is 3.31. The van der Waals surface area contributed by atoms with Gasteiger partial charge in [0.1, 0.15) is 0 Å². The topological polar surface area (TPSA) is 24.5 Å². The monoisotopic (exact) mass is 186 g/mol. The first-order valence-corrected chi connectivity index (χ1v) is 5.21. The van der Waals surface area contributed by atoms with Gasteiger partial charge in [0.25, 0.3) is 0 Å². The summed E-state index contributed by atoms with van der Waals surface area (Å²) in [4.78, 5) is 2.54. The summed E-state index contributed by atoms with van der Waals surface area (Å²) in [7, 11) is 1.78. The molecule has 1 unspecified atom stereocenters. The molecule has 1 atom stereocenters. The lowest BCUT2D eigenvalue weighted by Gasteiger charge is -2.38. The molecule has 1 saturated heterocycles. The second-order valence-electron chi connectivity index (χ2n) is 3.96. The van der Waals surface area contributed by atoms with Gasteiger partial charge in [-0.2, -0.15) is 0 Å². The molecule has 0 radical (unpaired) electrons. The molecule has 1 fully saturated rings. The number of nitrogens with zero attached hydrogens (tertiary/aromatic N) is 1. The van der Waals surface area contributed by atoms with Crippen molar-refractivity contribution in [2.75, 3.05) is 39.9 Å². The fourth-order valence-corrected chi connectivity index (χ4v) is 1.81. The van der Waals surface area contributed by atoms with Gasteiger partial charge in [-0.15, -0.1) is 0 Å². The van der Waals surface area contributed by atoms with E-state index in [0.29, 0.717) is 5.92 Å². The predicted molar refractivity (Wildman–Crippen MR) is 54.9 cm³/mol. The molecule has 0 aromatic rings. The normalized spacial score (nSPS) is 20.3. The van der Waals surface area contributed by atoms with Crippen molar-refractivity contribution < 1.29 is 4.74 Å². The molecule has 0 saturated carbocycles. The first kappa shape index (κ1) is 11.0. The van der Waals surface area contributed by atoms with Crippen LogP contribution in [0.5, 0.6) is 0 Å². The van der Waals surface area contributed by atoms with E-state index >= 15 is 0 Å². The van der Waals surface area contributed by atoms with Crippen molar-refractivity contribution in [2.24, 2.45) is 5.92 Å². The maximum atomic E-state index is 5.14. The lowest BCUT2D eigenvalue weighted by molar-refractivity contribution is 0.0936. The SMILES string of the molecule is CCN(CC(C)COC)C1CNC1. The first-order chi connectivity index (χ1) is 6.27. The molecule has 0 aliphatic carbocycles. The van der Waals surface area contributed by atoms with Gasteiger partial charge in [-0.05, 0) is 12.5 Å². The number of methoxy groups -OCH3 is 1. The van der Waals surface area contributed by atoms with Crippen molar-refractivity contribution >= 4 is 0 Å². The third kappa shape index (κ3) is 3.25. The Morgan fingerprint density at radius 2 is 2.23 bits per heavy atom. The Hall–Kier alpha value is -0.120. The van der Waals surface area contributed by atoms with Crippen LogP contribution < -0.4 is 5.32 Å². The van der Waals surface area contributed by atoms with Gasteiger partial charge in [-0.1, -0.05) is 13.8 Å². The zero-order chi connectivity index (χ0) is 9.68. The second-order valence-corrected chi connectivity index (χ2v) is 3.96. The van der Waals surface area contributed by atoms with Crippen LogP contribution in [-0.2, 0) is 4.74 Å². The van der Waals surface area contributed by atoms with Gasteiger partial charge in [0.15, 0.2) is 0 Å². The Morgan fingerprint density at radius 1 is 1.54 bits per heavy atom. The zero-order valence-electron chi connectivity index (χ0n) is 9.05. The van der Waals surface area contributed by atoms with Gasteiger partial charge in [0.2, 0.25) is 0 Å². The number of rotatable bonds is 6. The minimum absolute atomic E-state index is 0.644. The van der Waals surface area contributed by atoms with E-state index in [9.17, 15) is 0 Å². The molecular weight excluding hydrogens is 164 g/mol. The third-order valence-electron chi connectivity index (χ3n) is 2.68. The summed E-state index contributed by atoms with van der Waals surface area (Å²) in [5.41, 5.74) is 0. The standard InChI is InChI=1S/C10H22N2O/c1-4-12(10-5-11-6-10)7-9(2)8-13-3/h9-11H,4-8H2,1-3H3. The Labute approximate surface area is 81.4 Å². The number of hydrogen-bond donors (Lipinski definition) is 1. The maximum Gasteiger partial charge on any atom is 0.0500 e. The van der Waals surface area contributed by atoms with E-state index in [2.05, 4.69) is 24.1 Å². The van der Waals surface area contributed by atoms with E-state index in [1.165, 1.54) is 0 Å². The second kappa shape index (κ2) is 5.58. The largest absolute Gasteiger partial charge is 0.384 e. The number of likely N-dealkylation sites (N-methyl/N-ethyl adjacent to an activating group) is 1. The van der Waals surface area contributed by atoms with Crippen LogP contribution >= 0.6 is 0 Å². The molecule has 0 spiro atoms. The lowest BCUT2D eigenvalue weighted by Crippen LogP contribution is -2.58. The molecule has 3 nitrogen and oxygen atoms in total. The third-order valence-corrected chi connectivity index (χ3v) is 2.68. The summed E-state index contributed by atoms with van der Waals surface area (Å²) >= 11 is 0. The lowest BCUT2D eigenvalue weighted by atomic mass is 10.1. The molecule has 0 bridgehead atoms. The molecule has 0 aromatic carbocycles. The molecule has 13 heavy (non-hydrogen) atoms. The molecule has 1 N–H and O–H groups in total. The predicted octanol–water partition coefficient (Wildman–Crippen LogP) is 0.563.